The molecule has 0 saturated heterocycles. The molecule has 0 aliphatic rings. The van der Waals surface area contributed by atoms with E-state index in [1.54, 1.807) is 13.3 Å². The fourth-order valence-corrected chi connectivity index (χ4v) is 1.53. The van der Waals surface area contributed by atoms with Crippen molar-refractivity contribution in [1.29, 1.82) is 0 Å². The van der Waals surface area contributed by atoms with E-state index in [4.69, 9.17) is 10.5 Å². The summed E-state index contributed by atoms with van der Waals surface area (Å²) in [5.74, 6) is 1.17. The van der Waals surface area contributed by atoms with E-state index in [0.717, 1.165) is 22.6 Å². The number of hydrogen-bond donors (Lipinski definition) is 1. The molecule has 0 atom stereocenters. The van der Waals surface area contributed by atoms with Gasteiger partial charge in [-0.15, -0.1) is 0 Å². The lowest BCUT2D eigenvalue weighted by molar-refractivity contribution is 0.416. The topological polar surface area (TPSA) is 61.0 Å². The van der Waals surface area contributed by atoms with Gasteiger partial charge in [0.15, 0.2) is 0 Å². The summed E-state index contributed by atoms with van der Waals surface area (Å²) in [6.07, 6.45) is 3.19. The fraction of sp³-hybridized carbons (Fsp3) is 0.167. The zero-order valence-electron chi connectivity index (χ0n) is 9.27. The number of nitrogen functional groups attached to an aromatic ring is 1. The highest BCUT2D eigenvalue weighted by atomic mass is 16.5. The van der Waals surface area contributed by atoms with Crippen LogP contribution in [0.4, 0.5) is 5.82 Å². The molecule has 0 spiro atoms. The molecule has 2 rings (SSSR count). The van der Waals surface area contributed by atoms with Crippen LogP contribution in [0.1, 0.15) is 5.56 Å². The molecule has 1 aromatic carbocycles. The van der Waals surface area contributed by atoms with Crippen molar-refractivity contribution < 1.29 is 4.74 Å². The number of rotatable bonds is 2. The predicted molar refractivity (Wildman–Crippen MR) is 63.2 cm³/mol. The smallest absolute Gasteiger partial charge is 0.142 e. The van der Waals surface area contributed by atoms with E-state index in [9.17, 15) is 0 Å². The van der Waals surface area contributed by atoms with Crippen LogP contribution >= 0.6 is 0 Å². The van der Waals surface area contributed by atoms with Gasteiger partial charge in [-0.25, -0.2) is 4.98 Å². The van der Waals surface area contributed by atoms with Crippen molar-refractivity contribution >= 4 is 5.82 Å². The number of nitrogens with zero attached hydrogens (tertiary/aromatic N) is 2. The molecule has 0 saturated carbocycles. The number of nitrogens with two attached hydrogens (primary N) is 1. The van der Waals surface area contributed by atoms with Gasteiger partial charge in [-0.1, -0.05) is 11.6 Å². The lowest BCUT2D eigenvalue weighted by Gasteiger charge is -2.08. The minimum Gasteiger partial charge on any atom is -0.496 e. The summed E-state index contributed by atoms with van der Waals surface area (Å²) in [5, 5.41) is 0. The number of aromatic nitrogens is 2. The Kier molecular flexibility index (Phi) is 2.72. The molecule has 0 unspecified atom stereocenters. The number of aryl methyl sites for hydroxylation is 1. The minimum absolute atomic E-state index is 0.404. The van der Waals surface area contributed by atoms with E-state index in [0.29, 0.717) is 5.82 Å². The second-order valence-electron chi connectivity index (χ2n) is 3.53. The Hall–Kier alpha value is -2.10. The summed E-state index contributed by atoms with van der Waals surface area (Å²) in [6, 6.07) is 5.90. The maximum Gasteiger partial charge on any atom is 0.142 e. The van der Waals surface area contributed by atoms with Crippen molar-refractivity contribution in [3.8, 4) is 17.0 Å². The van der Waals surface area contributed by atoms with Gasteiger partial charge in [-0.2, -0.15) is 0 Å². The molecule has 2 N–H and O–H groups in total. The zero-order chi connectivity index (χ0) is 11.5. The Morgan fingerprint density at radius 3 is 2.75 bits per heavy atom. The summed E-state index contributed by atoms with van der Waals surface area (Å²) in [5.41, 5.74) is 8.38. The number of methoxy groups -OCH3 is 1. The van der Waals surface area contributed by atoms with Crippen molar-refractivity contribution in [2.45, 2.75) is 6.92 Å². The normalized spacial score (nSPS) is 10.1. The molecule has 2 aromatic rings. The average Bonchev–Trinajstić information content (AvgIpc) is 2.29. The molecule has 0 amide bonds. The molecule has 0 bridgehead atoms. The van der Waals surface area contributed by atoms with Gasteiger partial charge in [-0.3, -0.25) is 4.98 Å². The maximum atomic E-state index is 5.61. The summed E-state index contributed by atoms with van der Waals surface area (Å²) in [7, 11) is 1.63. The van der Waals surface area contributed by atoms with Gasteiger partial charge < -0.3 is 10.5 Å². The van der Waals surface area contributed by atoms with Crippen molar-refractivity contribution in [2.24, 2.45) is 0 Å². The number of anilines is 1. The van der Waals surface area contributed by atoms with Gasteiger partial charge in [0.2, 0.25) is 0 Å². The molecule has 1 aromatic heterocycles. The summed E-state index contributed by atoms with van der Waals surface area (Å²) < 4.78 is 5.29. The first kappa shape index (κ1) is 10.4. The van der Waals surface area contributed by atoms with Crippen molar-refractivity contribution in [2.75, 3.05) is 12.8 Å². The SMILES string of the molecule is COc1ccc(C)cc1-c1cncc(N)n1. The Morgan fingerprint density at radius 1 is 1.25 bits per heavy atom. The highest BCUT2D eigenvalue weighted by molar-refractivity contribution is 5.68. The quantitative estimate of drug-likeness (QED) is 0.832. The summed E-state index contributed by atoms with van der Waals surface area (Å²) in [4.78, 5) is 8.25. The van der Waals surface area contributed by atoms with E-state index in [-0.39, 0.29) is 0 Å². The molecule has 0 radical (unpaired) electrons. The predicted octanol–water partition coefficient (Wildman–Crippen LogP) is 2.04. The van der Waals surface area contributed by atoms with Crippen molar-refractivity contribution in [3.05, 3.63) is 36.2 Å². The molecule has 0 aliphatic heterocycles. The molecular formula is C12H13N3O. The van der Waals surface area contributed by atoms with E-state index in [2.05, 4.69) is 9.97 Å². The van der Waals surface area contributed by atoms with Crippen molar-refractivity contribution in [1.82, 2.24) is 9.97 Å². The first-order valence-corrected chi connectivity index (χ1v) is 4.93. The van der Waals surface area contributed by atoms with Crippen LogP contribution < -0.4 is 10.5 Å². The summed E-state index contributed by atoms with van der Waals surface area (Å²) >= 11 is 0. The number of ether oxygens (including phenoxy) is 1. The first-order valence-electron chi connectivity index (χ1n) is 4.93. The highest BCUT2D eigenvalue weighted by Crippen LogP contribution is 2.29. The van der Waals surface area contributed by atoms with Crippen LogP contribution in [-0.4, -0.2) is 17.1 Å². The molecule has 1 heterocycles. The Bertz CT molecular complexity index is 511. The number of hydrogen-bond acceptors (Lipinski definition) is 4. The Labute approximate surface area is 94.1 Å². The molecule has 0 aliphatic carbocycles. The second kappa shape index (κ2) is 4.18. The third kappa shape index (κ3) is 1.95. The van der Waals surface area contributed by atoms with Gasteiger partial charge in [0.05, 0.1) is 25.2 Å². The molecule has 4 nitrogen and oxygen atoms in total. The first-order chi connectivity index (χ1) is 7.70. The molecule has 16 heavy (non-hydrogen) atoms. The minimum atomic E-state index is 0.404. The van der Waals surface area contributed by atoms with Crippen LogP contribution in [0.2, 0.25) is 0 Å². The van der Waals surface area contributed by atoms with Gasteiger partial charge in [0.25, 0.3) is 0 Å². The van der Waals surface area contributed by atoms with Crippen LogP contribution in [-0.2, 0) is 0 Å². The van der Waals surface area contributed by atoms with Gasteiger partial charge in [0.1, 0.15) is 11.6 Å². The Morgan fingerprint density at radius 2 is 2.06 bits per heavy atom. The van der Waals surface area contributed by atoms with Gasteiger partial charge in [0, 0.05) is 5.56 Å². The van der Waals surface area contributed by atoms with E-state index in [1.807, 2.05) is 25.1 Å². The average molecular weight is 215 g/mol. The van der Waals surface area contributed by atoms with Crippen LogP contribution in [0.3, 0.4) is 0 Å². The van der Waals surface area contributed by atoms with E-state index >= 15 is 0 Å². The van der Waals surface area contributed by atoms with Crippen LogP contribution in [0, 0.1) is 6.92 Å². The monoisotopic (exact) mass is 215 g/mol. The maximum absolute atomic E-state index is 5.61. The second-order valence-corrected chi connectivity index (χ2v) is 3.53. The third-order valence-electron chi connectivity index (χ3n) is 2.28. The van der Waals surface area contributed by atoms with E-state index in [1.165, 1.54) is 6.20 Å². The standard InChI is InChI=1S/C12H13N3O/c1-8-3-4-11(16-2)9(5-8)10-6-14-7-12(13)15-10/h3-7H,1-2H3,(H2,13,15). The highest BCUT2D eigenvalue weighted by Gasteiger charge is 2.07. The van der Waals surface area contributed by atoms with E-state index < -0.39 is 0 Å². The lowest BCUT2D eigenvalue weighted by Crippen LogP contribution is -1.95. The van der Waals surface area contributed by atoms with Crippen molar-refractivity contribution in [3.63, 3.8) is 0 Å². The third-order valence-corrected chi connectivity index (χ3v) is 2.28. The van der Waals surface area contributed by atoms with Gasteiger partial charge >= 0.3 is 0 Å². The summed E-state index contributed by atoms with van der Waals surface area (Å²) in [6.45, 7) is 2.02. The van der Waals surface area contributed by atoms with Crippen LogP contribution in [0.15, 0.2) is 30.6 Å². The van der Waals surface area contributed by atoms with Gasteiger partial charge in [-0.05, 0) is 19.1 Å². The fourth-order valence-electron chi connectivity index (χ4n) is 1.53. The lowest BCUT2D eigenvalue weighted by atomic mass is 10.1. The largest absolute Gasteiger partial charge is 0.496 e. The molecule has 82 valence electrons. The number of benzene rings is 1. The Balaban J connectivity index is 2.58. The zero-order valence-corrected chi connectivity index (χ0v) is 9.27. The van der Waals surface area contributed by atoms with Crippen LogP contribution in [0.5, 0.6) is 5.75 Å². The molecule has 0 fully saturated rings. The molecular weight excluding hydrogens is 202 g/mol. The van der Waals surface area contributed by atoms with Crippen LogP contribution in [0.25, 0.3) is 11.3 Å². The molecule has 4 heteroatoms.